The predicted octanol–water partition coefficient (Wildman–Crippen LogP) is 3.10. The van der Waals surface area contributed by atoms with Crippen molar-refractivity contribution in [2.75, 3.05) is 13.1 Å². The van der Waals surface area contributed by atoms with Gasteiger partial charge in [0.2, 0.25) is 0 Å². The molecule has 1 aliphatic heterocycles. The second-order valence-corrected chi connectivity index (χ2v) is 5.00. The topological polar surface area (TPSA) is 41.5 Å². The van der Waals surface area contributed by atoms with Crippen molar-refractivity contribution in [3.05, 3.63) is 71.5 Å². The molecule has 3 rings (SSSR count). The molecule has 1 aliphatic rings. The van der Waals surface area contributed by atoms with E-state index in [1.807, 2.05) is 30.3 Å². The number of amidine groups is 1. The quantitative estimate of drug-likeness (QED) is 0.884. The third-order valence-corrected chi connectivity index (χ3v) is 3.53. The van der Waals surface area contributed by atoms with E-state index in [1.54, 1.807) is 0 Å². The number of aliphatic imine (C=N–C) groups is 1. The van der Waals surface area contributed by atoms with Crippen LogP contribution in [0.3, 0.4) is 0 Å². The molecule has 1 unspecified atom stereocenters. The van der Waals surface area contributed by atoms with E-state index in [0.29, 0.717) is 18.7 Å². The minimum Gasteiger partial charge on any atom is -0.369 e. The molecular weight excluding hydrogens is 303 g/mol. The van der Waals surface area contributed by atoms with Crippen LogP contribution in [0.25, 0.3) is 0 Å². The van der Waals surface area contributed by atoms with E-state index in [2.05, 4.69) is 10.3 Å². The normalized spacial score (nSPS) is 17.0. The van der Waals surface area contributed by atoms with Gasteiger partial charge in [0, 0.05) is 17.7 Å². The van der Waals surface area contributed by atoms with E-state index < -0.39 is 0 Å². The average molecular weight is 319 g/mol. The van der Waals surface area contributed by atoms with E-state index in [0.717, 1.165) is 11.4 Å². The Morgan fingerprint density at radius 2 is 1.77 bits per heavy atom. The van der Waals surface area contributed by atoms with Crippen molar-refractivity contribution in [3.8, 4) is 0 Å². The zero-order valence-electron chi connectivity index (χ0n) is 11.8. The van der Waals surface area contributed by atoms with Gasteiger partial charge in [0.25, 0.3) is 0 Å². The Morgan fingerprint density at radius 3 is 2.36 bits per heavy atom. The average Bonchev–Trinajstić information content (AvgIpc) is 2.56. The molecule has 0 radical (unpaired) electrons. The second-order valence-electron chi connectivity index (χ2n) is 5.00. The van der Waals surface area contributed by atoms with Crippen LogP contribution in [0.2, 0.25) is 0 Å². The number of ketones is 1. The summed E-state index contributed by atoms with van der Waals surface area (Å²) in [5, 5.41) is 3.20. The Hall–Kier alpha value is -2.20. The summed E-state index contributed by atoms with van der Waals surface area (Å²) in [7, 11) is 0. The van der Waals surface area contributed by atoms with Gasteiger partial charge in [0.1, 0.15) is 11.7 Å². The lowest BCUT2D eigenvalue weighted by molar-refractivity contribution is 0.0924. The SMILES string of the molecule is Cl.O=C(c1ccc(F)cc1)C1CN=C(c2ccccc2)NC1. The van der Waals surface area contributed by atoms with Crippen molar-refractivity contribution in [2.24, 2.45) is 10.9 Å². The maximum atomic E-state index is 12.9. The first kappa shape index (κ1) is 16.2. The van der Waals surface area contributed by atoms with Crippen LogP contribution in [0.1, 0.15) is 15.9 Å². The lowest BCUT2D eigenvalue weighted by Crippen LogP contribution is -2.39. The molecule has 0 aromatic heterocycles. The monoisotopic (exact) mass is 318 g/mol. The zero-order valence-corrected chi connectivity index (χ0v) is 12.6. The molecule has 5 heteroatoms. The zero-order chi connectivity index (χ0) is 14.7. The number of rotatable bonds is 3. The van der Waals surface area contributed by atoms with Gasteiger partial charge >= 0.3 is 0 Å². The van der Waals surface area contributed by atoms with Crippen LogP contribution in [0.4, 0.5) is 4.39 Å². The molecule has 2 aromatic rings. The maximum absolute atomic E-state index is 12.9. The Kier molecular flexibility index (Phi) is 5.28. The van der Waals surface area contributed by atoms with Crippen LogP contribution in [-0.4, -0.2) is 24.7 Å². The van der Waals surface area contributed by atoms with Gasteiger partial charge in [0.15, 0.2) is 5.78 Å². The number of halogens is 2. The Labute approximate surface area is 134 Å². The molecule has 0 saturated heterocycles. The summed E-state index contributed by atoms with van der Waals surface area (Å²) >= 11 is 0. The summed E-state index contributed by atoms with van der Waals surface area (Å²) in [5.74, 6) is 0.276. The van der Waals surface area contributed by atoms with E-state index in [-0.39, 0.29) is 29.9 Å². The van der Waals surface area contributed by atoms with Crippen LogP contribution in [0, 0.1) is 11.7 Å². The highest BCUT2D eigenvalue weighted by atomic mass is 35.5. The lowest BCUT2D eigenvalue weighted by atomic mass is 9.96. The predicted molar refractivity (Wildman–Crippen MR) is 87.3 cm³/mol. The van der Waals surface area contributed by atoms with E-state index in [4.69, 9.17) is 0 Å². The summed E-state index contributed by atoms with van der Waals surface area (Å²) in [6, 6.07) is 15.5. The smallest absolute Gasteiger partial charge is 0.169 e. The summed E-state index contributed by atoms with van der Waals surface area (Å²) in [6.45, 7) is 0.997. The Bertz CT molecular complexity index is 671. The van der Waals surface area contributed by atoms with Gasteiger partial charge in [-0.25, -0.2) is 4.39 Å². The van der Waals surface area contributed by atoms with Crippen LogP contribution in [-0.2, 0) is 0 Å². The first-order valence-electron chi connectivity index (χ1n) is 6.87. The molecule has 2 aromatic carbocycles. The lowest BCUT2D eigenvalue weighted by Gasteiger charge is -2.22. The molecule has 114 valence electrons. The molecule has 1 atom stereocenters. The first-order chi connectivity index (χ1) is 10.2. The fourth-order valence-electron chi connectivity index (χ4n) is 2.36. The van der Waals surface area contributed by atoms with Crippen molar-refractivity contribution >= 4 is 24.0 Å². The summed E-state index contributed by atoms with van der Waals surface area (Å²) in [4.78, 5) is 16.8. The largest absolute Gasteiger partial charge is 0.369 e. The summed E-state index contributed by atoms with van der Waals surface area (Å²) in [5.41, 5.74) is 1.55. The Morgan fingerprint density at radius 1 is 1.09 bits per heavy atom. The van der Waals surface area contributed by atoms with Crippen molar-refractivity contribution in [3.63, 3.8) is 0 Å². The fraction of sp³-hybridized carbons (Fsp3) is 0.176. The maximum Gasteiger partial charge on any atom is 0.169 e. The van der Waals surface area contributed by atoms with Gasteiger partial charge < -0.3 is 5.32 Å². The number of benzene rings is 2. The number of nitrogens with one attached hydrogen (secondary N) is 1. The highest BCUT2D eigenvalue weighted by Crippen LogP contribution is 2.14. The van der Waals surface area contributed by atoms with E-state index in [1.165, 1.54) is 24.3 Å². The van der Waals surface area contributed by atoms with Crippen LogP contribution in [0.15, 0.2) is 59.6 Å². The molecule has 1 heterocycles. The molecule has 0 aliphatic carbocycles. The molecule has 0 amide bonds. The number of carbonyl (C=O) groups excluding carboxylic acids is 1. The summed E-state index contributed by atoms with van der Waals surface area (Å²) in [6.07, 6.45) is 0. The number of Topliss-reactive ketones (excluding diaryl/α,β-unsaturated/α-hetero) is 1. The highest BCUT2D eigenvalue weighted by molar-refractivity contribution is 6.02. The van der Waals surface area contributed by atoms with Crippen molar-refractivity contribution in [1.82, 2.24) is 5.32 Å². The van der Waals surface area contributed by atoms with Crippen molar-refractivity contribution in [1.29, 1.82) is 0 Å². The highest BCUT2D eigenvalue weighted by Gasteiger charge is 2.23. The standard InChI is InChI=1S/C17H15FN2O.ClH/c18-15-8-6-12(7-9-15)16(21)14-10-19-17(20-11-14)13-4-2-1-3-5-13;/h1-9,14H,10-11H2,(H,19,20);1H. The third kappa shape index (κ3) is 3.52. The van der Waals surface area contributed by atoms with Crippen LogP contribution in [0.5, 0.6) is 0 Å². The van der Waals surface area contributed by atoms with Crippen LogP contribution >= 0.6 is 12.4 Å². The fourth-order valence-corrected chi connectivity index (χ4v) is 2.36. The van der Waals surface area contributed by atoms with Gasteiger partial charge in [0.05, 0.1) is 12.5 Å². The molecule has 22 heavy (non-hydrogen) atoms. The van der Waals surface area contributed by atoms with Gasteiger partial charge in [-0.2, -0.15) is 0 Å². The number of carbonyl (C=O) groups is 1. The van der Waals surface area contributed by atoms with Gasteiger partial charge in [-0.15, -0.1) is 12.4 Å². The minimum absolute atomic E-state index is 0. The molecule has 0 spiro atoms. The Balaban J connectivity index is 0.00000176. The summed E-state index contributed by atoms with van der Waals surface area (Å²) < 4.78 is 12.9. The number of nitrogens with zero attached hydrogens (tertiary/aromatic N) is 1. The van der Waals surface area contributed by atoms with E-state index >= 15 is 0 Å². The molecule has 1 N–H and O–H groups in total. The molecular formula is C17H16ClFN2O. The number of hydrogen-bond donors (Lipinski definition) is 1. The van der Waals surface area contributed by atoms with Crippen LogP contribution < -0.4 is 5.32 Å². The molecule has 0 bridgehead atoms. The van der Waals surface area contributed by atoms with Gasteiger partial charge in [-0.05, 0) is 24.3 Å². The third-order valence-electron chi connectivity index (χ3n) is 3.53. The van der Waals surface area contributed by atoms with Crippen molar-refractivity contribution < 1.29 is 9.18 Å². The van der Waals surface area contributed by atoms with E-state index in [9.17, 15) is 9.18 Å². The molecule has 3 nitrogen and oxygen atoms in total. The number of hydrogen-bond acceptors (Lipinski definition) is 3. The van der Waals surface area contributed by atoms with Gasteiger partial charge in [-0.3, -0.25) is 9.79 Å². The first-order valence-corrected chi connectivity index (χ1v) is 6.87. The molecule has 0 saturated carbocycles. The van der Waals surface area contributed by atoms with Crippen molar-refractivity contribution in [2.45, 2.75) is 0 Å². The second kappa shape index (κ2) is 7.18. The van der Waals surface area contributed by atoms with Gasteiger partial charge in [-0.1, -0.05) is 30.3 Å². The minimum atomic E-state index is -0.335. The molecule has 0 fully saturated rings.